The zero-order valence-corrected chi connectivity index (χ0v) is 12.6. The van der Waals surface area contributed by atoms with Crippen molar-refractivity contribution in [1.29, 1.82) is 0 Å². The van der Waals surface area contributed by atoms with Crippen molar-refractivity contribution in [3.8, 4) is 5.75 Å². The van der Waals surface area contributed by atoms with Crippen LogP contribution in [0, 0.1) is 11.8 Å². The van der Waals surface area contributed by atoms with Crippen molar-refractivity contribution in [2.45, 2.75) is 44.9 Å². The summed E-state index contributed by atoms with van der Waals surface area (Å²) in [6.45, 7) is 1.57. The Balaban J connectivity index is 1.50. The van der Waals surface area contributed by atoms with Gasteiger partial charge in [-0.15, -0.1) is 0 Å². The van der Waals surface area contributed by atoms with E-state index < -0.39 is 0 Å². The molecule has 1 aromatic rings. The third-order valence-corrected chi connectivity index (χ3v) is 5.05. The summed E-state index contributed by atoms with van der Waals surface area (Å²) in [5.41, 5.74) is 8.27. The molecule has 0 aromatic heterocycles. The Morgan fingerprint density at radius 3 is 2.81 bits per heavy atom. The lowest BCUT2D eigenvalue weighted by Crippen LogP contribution is -2.25. The van der Waals surface area contributed by atoms with E-state index in [2.05, 4.69) is 18.2 Å². The molecule has 1 heterocycles. The monoisotopic (exact) mass is 287 g/mol. The molecule has 1 fully saturated rings. The number of ether oxygens (including phenoxy) is 1. The van der Waals surface area contributed by atoms with E-state index in [1.165, 1.54) is 11.1 Å². The second-order valence-corrected chi connectivity index (χ2v) is 6.46. The van der Waals surface area contributed by atoms with Gasteiger partial charge >= 0.3 is 0 Å². The molecule has 1 aliphatic heterocycles. The number of benzene rings is 1. The van der Waals surface area contributed by atoms with Crippen LogP contribution in [0.3, 0.4) is 0 Å². The first-order valence-electron chi connectivity index (χ1n) is 8.23. The van der Waals surface area contributed by atoms with Crippen molar-refractivity contribution in [1.82, 2.24) is 0 Å². The van der Waals surface area contributed by atoms with Crippen LogP contribution in [0.25, 0.3) is 0 Å². The zero-order valence-electron chi connectivity index (χ0n) is 12.6. The van der Waals surface area contributed by atoms with Crippen molar-refractivity contribution >= 4 is 5.78 Å². The molecule has 2 aliphatic rings. The van der Waals surface area contributed by atoms with Gasteiger partial charge in [-0.25, -0.2) is 0 Å². The maximum atomic E-state index is 12.3. The quantitative estimate of drug-likeness (QED) is 0.906. The van der Waals surface area contributed by atoms with E-state index in [-0.39, 0.29) is 5.92 Å². The molecule has 0 spiro atoms. The van der Waals surface area contributed by atoms with Crippen LogP contribution in [-0.2, 0) is 17.6 Å². The first-order valence-corrected chi connectivity index (χ1v) is 8.23. The molecule has 0 unspecified atom stereocenters. The van der Waals surface area contributed by atoms with Gasteiger partial charge in [-0.1, -0.05) is 12.1 Å². The predicted molar refractivity (Wildman–Crippen MR) is 83.5 cm³/mol. The lowest BCUT2D eigenvalue weighted by molar-refractivity contribution is -0.124. The van der Waals surface area contributed by atoms with E-state index in [9.17, 15) is 4.79 Å². The summed E-state index contributed by atoms with van der Waals surface area (Å²) in [6, 6.07) is 6.36. The van der Waals surface area contributed by atoms with Crippen LogP contribution in [0.4, 0.5) is 0 Å². The van der Waals surface area contributed by atoms with Crippen molar-refractivity contribution in [2.75, 3.05) is 13.2 Å². The molecule has 0 bridgehead atoms. The molecule has 3 heteroatoms. The molecule has 3 rings (SSSR count). The summed E-state index contributed by atoms with van der Waals surface area (Å²) in [6.07, 6.45) is 6.88. The van der Waals surface area contributed by atoms with E-state index in [1.807, 2.05) is 0 Å². The Hall–Kier alpha value is -1.35. The molecule has 0 radical (unpaired) electrons. The molecule has 1 aromatic carbocycles. The highest BCUT2D eigenvalue weighted by atomic mass is 16.5. The molecule has 1 aliphatic carbocycles. The second-order valence-electron chi connectivity index (χ2n) is 6.46. The molecular formula is C18H25NO2. The van der Waals surface area contributed by atoms with Gasteiger partial charge in [0.25, 0.3) is 0 Å². The number of Topliss-reactive ketones (excluding diaryl/α,β-unsaturated/α-hetero) is 1. The highest BCUT2D eigenvalue weighted by molar-refractivity contribution is 5.81. The second kappa shape index (κ2) is 6.61. The van der Waals surface area contributed by atoms with Gasteiger partial charge < -0.3 is 10.5 Å². The minimum Gasteiger partial charge on any atom is -0.493 e. The van der Waals surface area contributed by atoms with E-state index in [0.29, 0.717) is 18.1 Å². The summed E-state index contributed by atoms with van der Waals surface area (Å²) in [5.74, 6) is 2.39. The predicted octanol–water partition coefficient (Wildman–Crippen LogP) is 2.89. The zero-order chi connectivity index (χ0) is 14.7. The van der Waals surface area contributed by atoms with Crippen LogP contribution in [0.15, 0.2) is 18.2 Å². The van der Waals surface area contributed by atoms with E-state index in [1.54, 1.807) is 0 Å². The van der Waals surface area contributed by atoms with Gasteiger partial charge in [0.2, 0.25) is 0 Å². The van der Waals surface area contributed by atoms with Gasteiger partial charge in [0.05, 0.1) is 6.61 Å². The number of hydrogen-bond donors (Lipinski definition) is 1. The highest BCUT2D eigenvalue weighted by Gasteiger charge is 2.25. The Kier molecular flexibility index (Phi) is 4.59. The fourth-order valence-electron chi connectivity index (χ4n) is 3.59. The number of aryl methyl sites for hydroxylation is 1. The van der Waals surface area contributed by atoms with Crippen molar-refractivity contribution in [3.05, 3.63) is 29.3 Å². The highest BCUT2D eigenvalue weighted by Crippen LogP contribution is 2.30. The minimum atomic E-state index is 0.283. The smallest absolute Gasteiger partial charge is 0.136 e. The first kappa shape index (κ1) is 14.6. The Bertz CT molecular complexity index is 504. The van der Waals surface area contributed by atoms with Crippen molar-refractivity contribution < 1.29 is 9.53 Å². The molecule has 114 valence electrons. The largest absolute Gasteiger partial charge is 0.493 e. The number of carbonyl (C=O) groups is 1. The average molecular weight is 287 g/mol. The van der Waals surface area contributed by atoms with Crippen LogP contribution < -0.4 is 10.5 Å². The molecule has 0 saturated heterocycles. The third-order valence-electron chi connectivity index (χ3n) is 5.05. The number of carbonyl (C=O) groups excluding carboxylic acids is 1. The molecule has 21 heavy (non-hydrogen) atoms. The van der Waals surface area contributed by atoms with Crippen LogP contribution >= 0.6 is 0 Å². The topological polar surface area (TPSA) is 52.3 Å². The van der Waals surface area contributed by atoms with Gasteiger partial charge in [-0.05, 0) is 61.8 Å². The van der Waals surface area contributed by atoms with Crippen LogP contribution in [0.5, 0.6) is 5.75 Å². The molecule has 0 amide bonds. The Labute approximate surface area is 126 Å². The fourth-order valence-corrected chi connectivity index (χ4v) is 3.59. The van der Waals surface area contributed by atoms with E-state index in [4.69, 9.17) is 10.5 Å². The summed E-state index contributed by atoms with van der Waals surface area (Å²) < 4.78 is 5.52. The average Bonchev–Trinajstić information content (AvgIpc) is 3.00. The van der Waals surface area contributed by atoms with Crippen LogP contribution in [0.1, 0.15) is 43.2 Å². The summed E-state index contributed by atoms with van der Waals surface area (Å²) >= 11 is 0. The summed E-state index contributed by atoms with van der Waals surface area (Å²) in [4.78, 5) is 12.3. The first-order chi connectivity index (χ1) is 10.3. The van der Waals surface area contributed by atoms with E-state index >= 15 is 0 Å². The van der Waals surface area contributed by atoms with Crippen molar-refractivity contribution in [2.24, 2.45) is 17.6 Å². The van der Waals surface area contributed by atoms with Crippen molar-refractivity contribution in [3.63, 3.8) is 0 Å². The summed E-state index contributed by atoms with van der Waals surface area (Å²) in [7, 11) is 0. The molecule has 1 saturated carbocycles. The third kappa shape index (κ3) is 3.46. The number of ketones is 1. The lowest BCUT2D eigenvalue weighted by Gasteiger charge is -2.26. The lowest BCUT2D eigenvalue weighted by atomic mass is 9.79. The standard InChI is InChI=1S/C18H25NO2/c19-12-14-1-5-15(6-2-14)17(20)7-3-13-4-8-18-16(11-13)9-10-21-18/h4,8,11,14-15H,1-3,5-7,9-10,12,19H2. The Morgan fingerprint density at radius 2 is 2.05 bits per heavy atom. The molecule has 0 atom stereocenters. The van der Waals surface area contributed by atoms with Gasteiger partial charge in [0.1, 0.15) is 11.5 Å². The summed E-state index contributed by atoms with van der Waals surface area (Å²) in [5, 5.41) is 0. The van der Waals surface area contributed by atoms with Gasteiger partial charge in [-0.2, -0.15) is 0 Å². The number of rotatable bonds is 5. The normalized spacial score (nSPS) is 24.4. The maximum absolute atomic E-state index is 12.3. The fraction of sp³-hybridized carbons (Fsp3) is 0.611. The number of nitrogens with two attached hydrogens (primary N) is 1. The molecule has 3 nitrogen and oxygen atoms in total. The molecular weight excluding hydrogens is 262 g/mol. The van der Waals surface area contributed by atoms with Gasteiger partial charge in [-0.3, -0.25) is 4.79 Å². The Morgan fingerprint density at radius 1 is 1.24 bits per heavy atom. The van der Waals surface area contributed by atoms with Crippen LogP contribution in [0.2, 0.25) is 0 Å². The van der Waals surface area contributed by atoms with E-state index in [0.717, 1.165) is 57.4 Å². The van der Waals surface area contributed by atoms with Crippen LogP contribution in [-0.4, -0.2) is 18.9 Å². The van der Waals surface area contributed by atoms with Gasteiger partial charge in [0.15, 0.2) is 0 Å². The SMILES string of the molecule is NCC1CCC(C(=O)CCc2ccc3c(c2)CCO3)CC1. The number of fused-ring (bicyclic) bond motifs is 1. The number of hydrogen-bond acceptors (Lipinski definition) is 3. The molecule has 2 N–H and O–H groups in total. The maximum Gasteiger partial charge on any atom is 0.136 e. The van der Waals surface area contributed by atoms with Gasteiger partial charge in [0, 0.05) is 18.8 Å². The minimum absolute atomic E-state index is 0.283.